The number of rotatable bonds is 5. The molecule has 1 aliphatic heterocycles. The SMILES string of the molecule is CCOC(=O)C1=C(C)N=c2s/c(=C\c3c(C)nn(-c4ccccc4)c3C)c(=O)n2[C@H]1c1ccc(F)cc1. The monoisotopic (exact) mass is 516 g/mol. The van der Waals surface area contributed by atoms with Crippen LogP contribution in [0.25, 0.3) is 11.8 Å². The smallest absolute Gasteiger partial charge is 0.338 e. The van der Waals surface area contributed by atoms with Crippen LogP contribution >= 0.6 is 11.3 Å². The molecule has 1 atom stereocenters. The number of allylic oxidation sites excluding steroid dienone is 1. The predicted molar refractivity (Wildman–Crippen MR) is 140 cm³/mol. The molecule has 2 aromatic carbocycles. The minimum Gasteiger partial charge on any atom is -0.463 e. The minimum atomic E-state index is -0.785. The standard InChI is InChI=1S/C28H25FN4O3S/c1-5-36-27(35)24-17(3)30-28-32(25(24)19-11-13-20(29)14-12-19)26(34)23(37-28)15-22-16(2)31-33(18(22)4)21-9-7-6-8-10-21/h6-15,25H,5H2,1-4H3/b23-15-/t25-/m0/s1. The molecule has 0 bridgehead atoms. The Morgan fingerprint density at radius 2 is 1.81 bits per heavy atom. The van der Waals surface area contributed by atoms with E-state index in [0.29, 0.717) is 20.6 Å². The predicted octanol–water partition coefficient (Wildman–Crippen LogP) is 3.74. The number of hydrogen-bond donors (Lipinski definition) is 0. The highest BCUT2D eigenvalue weighted by Gasteiger charge is 2.33. The Bertz CT molecular complexity index is 1710. The lowest BCUT2D eigenvalue weighted by atomic mass is 9.96. The first kappa shape index (κ1) is 24.6. The summed E-state index contributed by atoms with van der Waals surface area (Å²) in [5.41, 5.74) is 4.47. The van der Waals surface area contributed by atoms with Crippen molar-refractivity contribution in [2.75, 3.05) is 6.61 Å². The van der Waals surface area contributed by atoms with E-state index in [1.807, 2.05) is 54.9 Å². The molecule has 0 saturated carbocycles. The largest absolute Gasteiger partial charge is 0.463 e. The number of thiazole rings is 1. The molecule has 5 rings (SSSR count). The van der Waals surface area contributed by atoms with Gasteiger partial charge in [0, 0.05) is 11.3 Å². The fraction of sp³-hybridized carbons (Fsp3) is 0.214. The Balaban J connectivity index is 1.70. The van der Waals surface area contributed by atoms with E-state index in [0.717, 1.165) is 22.6 Å². The normalized spacial score (nSPS) is 15.5. The van der Waals surface area contributed by atoms with Crippen LogP contribution < -0.4 is 14.9 Å². The van der Waals surface area contributed by atoms with E-state index >= 15 is 0 Å². The lowest BCUT2D eigenvalue weighted by molar-refractivity contribution is -0.139. The zero-order valence-electron chi connectivity index (χ0n) is 20.9. The van der Waals surface area contributed by atoms with E-state index in [9.17, 15) is 14.0 Å². The van der Waals surface area contributed by atoms with Crippen LogP contribution in [0.3, 0.4) is 0 Å². The van der Waals surface area contributed by atoms with E-state index in [4.69, 9.17) is 4.74 Å². The van der Waals surface area contributed by atoms with Crippen molar-refractivity contribution in [3.05, 3.63) is 114 Å². The van der Waals surface area contributed by atoms with Crippen molar-refractivity contribution in [1.29, 1.82) is 0 Å². The highest BCUT2D eigenvalue weighted by atomic mass is 32.1. The molecule has 0 unspecified atom stereocenters. The van der Waals surface area contributed by atoms with Crippen LogP contribution in [0, 0.1) is 19.7 Å². The molecule has 1 aliphatic rings. The highest BCUT2D eigenvalue weighted by molar-refractivity contribution is 7.07. The number of ether oxygens (including phenoxy) is 1. The lowest BCUT2D eigenvalue weighted by Gasteiger charge is -2.24. The maximum absolute atomic E-state index is 13.8. The van der Waals surface area contributed by atoms with Gasteiger partial charge in [-0.15, -0.1) is 0 Å². The van der Waals surface area contributed by atoms with E-state index < -0.39 is 17.8 Å². The van der Waals surface area contributed by atoms with Crippen molar-refractivity contribution in [3.63, 3.8) is 0 Å². The maximum atomic E-state index is 13.8. The van der Waals surface area contributed by atoms with E-state index in [1.165, 1.54) is 28.0 Å². The first-order valence-electron chi connectivity index (χ1n) is 11.9. The summed E-state index contributed by atoms with van der Waals surface area (Å²) in [6.07, 6.45) is 1.83. The molecule has 3 heterocycles. The third kappa shape index (κ3) is 4.35. The van der Waals surface area contributed by atoms with Gasteiger partial charge in [-0.3, -0.25) is 9.36 Å². The van der Waals surface area contributed by atoms with Gasteiger partial charge in [-0.2, -0.15) is 5.10 Å². The van der Waals surface area contributed by atoms with Gasteiger partial charge in [-0.25, -0.2) is 18.9 Å². The number of nitrogens with zero attached hydrogens (tertiary/aromatic N) is 4. The van der Waals surface area contributed by atoms with E-state index in [-0.39, 0.29) is 17.7 Å². The van der Waals surface area contributed by atoms with Crippen molar-refractivity contribution in [3.8, 4) is 5.69 Å². The molecule has 0 radical (unpaired) electrons. The van der Waals surface area contributed by atoms with Crippen LogP contribution in [-0.2, 0) is 9.53 Å². The summed E-state index contributed by atoms with van der Waals surface area (Å²) in [5, 5.41) is 4.68. The third-order valence-electron chi connectivity index (χ3n) is 6.33. The van der Waals surface area contributed by atoms with Crippen LogP contribution in [-0.4, -0.2) is 26.9 Å². The summed E-state index contributed by atoms with van der Waals surface area (Å²) in [7, 11) is 0. The molecule has 0 saturated heterocycles. The number of fused-ring (bicyclic) bond motifs is 1. The van der Waals surface area contributed by atoms with Crippen molar-refractivity contribution < 1.29 is 13.9 Å². The van der Waals surface area contributed by atoms with Gasteiger partial charge in [-0.05, 0) is 63.6 Å². The molecular formula is C28H25FN4O3S. The van der Waals surface area contributed by atoms with Crippen LogP contribution in [0.2, 0.25) is 0 Å². The first-order chi connectivity index (χ1) is 17.8. The molecule has 0 amide bonds. The van der Waals surface area contributed by atoms with Crippen molar-refractivity contribution >= 4 is 23.4 Å². The average Bonchev–Trinajstić information content (AvgIpc) is 3.34. The van der Waals surface area contributed by atoms with E-state index in [1.54, 1.807) is 26.0 Å². The molecule has 0 spiro atoms. The Hall–Kier alpha value is -4.11. The number of hydrogen-bond acceptors (Lipinski definition) is 6. The Morgan fingerprint density at radius 1 is 1.11 bits per heavy atom. The van der Waals surface area contributed by atoms with Crippen LogP contribution in [0.4, 0.5) is 4.39 Å². The fourth-order valence-electron chi connectivity index (χ4n) is 4.57. The average molecular weight is 517 g/mol. The zero-order valence-corrected chi connectivity index (χ0v) is 21.7. The maximum Gasteiger partial charge on any atom is 0.338 e. The van der Waals surface area contributed by atoms with E-state index in [2.05, 4.69) is 10.1 Å². The van der Waals surface area contributed by atoms with Gasteiger partial charge in [0.25, 0.3) is 5.56 Å². The summed E-state index contributed by atoms with van der Waals surface area (Å²) in [6, 6.07) is 14.8. The summed E-state index contributed by atoms with van der Waals surface area (Å²) < 4.78 is 22.8. The Labute approximate surface area is 216 Å². The quantitative estimate of drug-likeness (QED) is 0.379. The number of aromatic nitrogens is 3. The number of carbonyl (C=O) groups excluding carboxylic acids is 1. The number of carbonyl (C=O) groups is 1. The summed E-state index contributed by atoms with van der Waals surface area (Å²) in [5.74, 6) is -0.959. The molecule has 0 N–H and O–H groups in total. The fourth-order valence-corrected chi connectivity index (χ4v) is 5.60. The van der Waals surface area contributed by atoms with Gasteiger partial charge >= 0.3 is 5.97 Å². The third-order valence-corrected chi connectivity index (χ3v) is 7.31. The highest BCUT2D eigenvalue weighted by Crippen LogP contribution is 2.30. The summed E-state index contributed by atoms with van der Waals surface area (Å²) in [4.78, 5) is 31.8. The molecule has 9 heteroatoms. The summed E-state index contributed by atoms with van der Waals surface area (Å²) in [6.45, 7) is 7.48. The van der Waals surface area contributed by atoms with Crippen LogP contribution in [0.15, 0.2) is 75.7 Å². The number of para-hydroxylation sites is 1. The Morgan fingerprint density at radius 3 is 2.49 bits per heavy atom. The lowest BCUT2D eigenvalue weighted by Crippen LogP contribution is -2.40. The number of esters is 1. The zero-order chi connectivity index (χ0) is 26.3. The van der Waals surface area contributed by atoms with Crippen LogP contribution in [0.1, 0.15) is 42.4 Å². The van der Waals surface area contributed by atoms with Gasteiger partial charge in [0.15, 0.2) is 4.80 Å². The van der Waals surface area contributed by atoms with Gasteiger partial charge in [0.05, 0.1) is 39.8 Å². The molecule has 2 aromatic heterocycles. The second-order valence-electron chi connectivity index (χ2n) is 8.69. The topological polar surface area (TPSA) is 78.5 Å². The molecule has 37 heavy (non-hydrogen) atoms. The van der Waals surface area contributed by atoms with Gasteiger partial charge in [0.1, 0.15) is 5.82 Å². The Kier molecular flexibility index (Phi) is 6.47. The second-order valence-corrected chi connectivity index (χ2v) is 9.69. The van der Waals surface area contributed by atoms with Crippen molar-refractivity contribution in [2.45, 2.75) is 33.7 Å². The first-order valence-corrected chi connectivity index (χ1v) is 12.7. The number of aryl methyl sites for hydroxylation is 1. The van der Waals surface area contributed by atoms with Gasteiger partial charge in [-0.1, -0.05) is 41.7 Å². The molecule has 0 fully saturated rings. The van der Waals surface area contributed by atoms with Gasteiger partial charge < -0.3 is 4.74 Å². The van der Waals surface area contributed by atoms with Crippen LogP contribution in [0.5, 0.6) is 0 Å². The number of benzene rings is 2. The molecule has 188 valence electrons. The summed E-state index contributed by atoms with van der Waals surface area (Å²) >= 11 is 1.24. The molecule has 0 aliphatic carbocycles. The molecule has 4 aromatic rings. The molecular weight excluding hydrogens is 491 g/mol. The number of halogens is 1. The van der Waals surface area contributed by atoms with Gasteiger partial charge in [0.2, 0.25) is 0 Å². The van der Waals surface area contributed by atoms with Crippen molar-refractivity contribution in [2.24, 2.45) is 4.99 Å². The minimum absolute atomic E-state index is 0.181. The van der Waals surface area contributed by atoms with Crippen molar-refractivity contribution in [1.82, 2.24) is 14.3 Å². The second kappa shape index (κ2) is 9.74. The molecule has 7 nitrogen and oxygen atoms in total.